The van der Waals surface area contributed by atoms with Crippen LogP contribution in [0.2, 0.25) is 5.02 Å². The van der Waals surface area contributed by atoms with Gasteiger partial charge in [-0.25, -0.2) is 9.50 Å². The third-order valence-corrected chi connectivity index (χ3v) is 4.54. The second-order valence-electron chi connectivity index (χ2n) is 5.36. The van der Waals surface area contributed by atoms with Crippen LogP contribution in [0.25, 0.3) is 17.0 Å². The van der Waals surface area contributed by atoms with E-state index in [9.17, 15) is 0 Å². The summed E-state index contributed by atoms with van der Waals surface area (Å²) in [6.45, 7) is 3.90. The Labute approximate surface area is 147 Å². The fraction of sp³-hybridized carbons (Fsp3) is 0.125. The quantitative estimate of drug-likeness (QED) is 0.594. The number of halogens is 1. The molecule has 0 saturated carbocycles. The highest BCUT2D eigenvalue weighted by atomic mass is 35.5. The number of fused-ring (bicyclic) bond motifs is 1. The molecule has 0 bridgehead atoms. The Balaban J connectivity index is 1.68. The van der Waals surface area contributed by atoms with E-state index in [1.165, 1.54) is 11.3 Å². The molecule has 3 aromatic heterocycles. The van der Waals surface area contributed by atoms with E-state index in [1.54, 1.807) is 4.52 Å². The van der Waals surface area contributed by atoms with E-state index in [0.717, 1.165) is 39.2 Å². The summed E-state index contributed by atoms with van der Waals surface area (Å²) in [4.78, 5) is 4.60. The molecule has 0 aliphatic rings. The Morgan fingerprint density at radius 2 is 2.04 bits per heavy atom. The summed E-state index contributed by atoms with van der Waals surface area (Å²) in [6, 6.07) is 9.42. The first kappa shape index (κ1) is 15.0. The van der Waals surface area contributed by atoms with Crippen LogP contribution in [0.5, 0.6) is 0 Å². The van der Waals surface area contributed by atoms with Gasteiger partial charge in [-0.05, 0) is 32.0 Å². The highest BCUT2D eigenvalue weighted by Crippen LogP contribution is 2.28. The molecule has 6 nitrogen and oxygen atoms in total. The van der Waals surface area contributed by atoms with Gasteiger partial charge >= 0.3 is 0 Å². The van der Waals surface area contributed by atoms with Crippen molar-refractivity contribution in [3.8, 4) is 11.4 Å². The number of aryl methyl sites for hydroxylation is 2. The first-order valence-corrected chi connectivity index (χ1v) is 8.54. The molecular formula is C16H13ClN6S. The molecule has 0 atom stereocenters. The number of benzene rings is 1. The van der Waals surface area contributed by atoms with Crippen molar-refractivity contribution in [1.29, 1.82) is 0 Å². The molecule has 0 amide bonds. The van der Waals surface area contributed by atoms with E-state index in [1.807, 2.05) is 49.6 Å². The van der Waals surface area contributed by atoms with Gasteiger partial charge in [-0.1, -0.05) is 17.7 Å². The van der Waals surface area contributed by atoms with E-state index >= 15 is 0 Å². The van der Waals surface area contributed by atoms with Crippen LogP contribution in [0.1, 0.15) is 11.4 Å². The molecule has 1 aromatic carbocycles. The van der Waals surface area contributed by atoms with Gasteiger partial charge in [-0.15, -0.1) is 21.5 Å². The van der Waals surface area contributed by atoms with Crippen LogP contribution in [0.3, 0.4) is 0 Å². The summed E-state index contributed by atoms with van der Waals surface area (Å²) in [5.41, 5.74) is 4.94. The standard InChI is InChI=1S/C16H13ClN6S/c1-9-6-14-20-21-15(10(2)23(14)22-9)13-8-24-16(19-13)18-12-5-3-4-11(17)7-12/h3-8H,1-2H3,(H,18,19). The number of rotatable bonds is 3. The topological polar surface area (TPSA) is 68.0 Å². The van der Waals surface area contributed by atoms with E-state index in [4.69, 9.17) is 11.6 Å². The molecule has 4 rings (SSSR count). The molecule has 0 saturated heterocycles. The monoisotopic (exact) mass is 356 g/mol. The molecule has 0 fully saturated rings. The molecule has 0 aliphatic heterocycles. The number of hydrogen-bond acceptors (Lipinski definition) is 6. The third kappa shape index (κ3) is 2.72. The zero-order valence-corrected chi connectivity index (χ0v) is 14.6. The highest BCUT2D eigenvalue weighted by Gasteiger charge is 2.14. The Morgan fingerprint density at radius 3 is 2.88 bits per heavy atom. The van der Waals surface area contributed by atoms with Crippen molar-refractivity contribution in [2.45, 2.75) is 13.8 Å². The fourth-order valence-corrected chi connectivity index (χ4v) is 3.35. The Morgan fingerprint density at radius 1 is 1.17 bits per heavy atom. The normalized spacial score (nSPS) is 11.1. The van der Waals surface area contributed by atoms with Crippen LogP contribution in [0, 0.1) is 13.8 Å². The highest BCUT2D eigenvalue weighted by molar-refractivity contribution is 7.14. The second kappa shape index (κ2) is 5.85. The fourth-order valence-electron chi connectivity index (χ4n) is 2.44. The van der Waals surface area contributed by atoms with Gasteiger partial charge < -0.3 is 5.32 Å². The van der Waals surface area contributed by atoms with Crippen molar-refractivity contribution in [2.24, 2.45) is 0 Å². The zero-order valence-electron chi connectivity index (χ0n) is 13.0. The van der Waals surface area contributed by atoms with Gasteiger partial charge in [-0.2, -0.15) is 5.10 Å². The molecule has 24 heavy (non-hydrogen) atoms. The summed E-state index contributed by atoms with van der Waals surface area (Å²) in [7, 11) is 0. The number of aromatic nitrogens is 5. The number of hydrogen-bond donors (Lipinski definition) is 1. The summed E-state index contributed by atoms with van der Waals surface area (Å²) < 4.78 is 1.79. The van der Waals surface area contributed by atoms with Gasteiger partial charge in [0.05, 0.1) is 11.4 Å². The molecule has 4 aromatic rings. The van der Waals surface area contributed by atoms with Gasteiger partial charge in [0.1, 0.15) is 11.4 Å². The van der Waals surface area contributed by atoms with Gasteiger partial charge in [0.15, 0.2) is 10.8 Å². The minimum Gasteiger partial charge on any atom is -0.331 e. The summed E-state index contributed by atoms with van der Waals surface area (Å²) in [5, 5.41) is 19.6. The molecular weight excluding hydrogens is 344 g/mol. The SMILES string of the molecule is Cc1cc2nnc(-c3csc(Nc4cccc(Cl)c4)n3)c(C)n2n1. The first-order chi connectivity index (χ1) is 11.6. The van der Waals surface area contributed by atoms with Gasteiger partial charge in [0, 0.05) is 22.2 Å². The molecule has 0 aliphatic carbocycles. The summed E-state index contributed by atoms with van der Waals surface area (Å²) in [5.74, 6) is 0. The predicted octanol–water partition coefficient (Wildman–Crippen LogP) is 4.26. The zero-order chi connectivity index (χ0) is 16.7. The van der Waals surface area contributed by atoms with Gasteiger partial charge in [0.2, 0.25) is 0 Å². The Kier molecular flexibility index (Phi) is 3.66. The van der Waals surface area contributed by atoms with Crippen molar-refractivity contribution >= 4 is 39.4 Å². The molecule has 120 valence electrons. The van der Waals surface area contributed by atoms with E-state index in [2.05, 4.69) is 25.6 Å². The maximum atomic E-state index is 6.01. The van der Waals surface area contributed by atoms with Gasteiger partial charge in [-0.3, -0.25) is 0 Å². The van der Waals surface area contributed by atoms with Crippen LogP contribution in [-0.2, 0) is 0 Å². The average molecular weight is 357 g/mol. The Hall–Kier alpha value is -2.51. The van der Waals surface area contributed by atoms with Crippen LogP contribution < -0.4 is 5.32 Å². The van der Waals surface area contributed by atoms with Gasteiger partial charge in [0.25, 0.3) is 0 Å². The maximum absolute atomic E-state index is 6.01. The predicted molar refractivity (Wildman–Crippen MR) is 96.1 cm³/mol. The maximum Gasteiger partial charge on any atom is 0.187 e. The van der Waals surface area contributed by atoms with Crippen molar-refractivity contribution in [3.63, 3.8) is 0 Å². The van der Waals surface area contributed by atoms with Crippen LogP contribution >= 0.6 is 22.9 Å². The smallest absolute Gasteiger partial charge is 0.187 e. The average Bonchev–Trinajstić information content (AvgIpc) is 3.14. The van der Waals surface area contributed by atoms with Crippen molar-refractivity contribution in [3.05, 3.63) is 52.1 Å². The largest absolute Gasteiger partial charge is 0.331 e. The molecule has 0 unspecified atom stereocenters. The van der Waals surface area contributed by atoms with E-state index in [-0.39, 0.29) is 0 Å². The number of anilines is 2. The third-order valence-electron chi connectivity index (χ3n) is 3.55. The van der Waals surface area contributed by atoms with Crippen LogP contribution in [0.15, 0.2) is 35.7 Å². The summed E-state index contributed by atoms with van der Waals surface area (Å²) >= 11 is 7.51. The number of nitrogens with zero attached hydrogens (tertiary/aromatic N) is 5. The molecule has 8 heteroatoms. The van der Waals surface area contributed by atoms with Crippen molar-refractivity contribution in [2.75, 3.05) is 5.32 Å². The number of nitrogens with one attached hydrogen (secondary N) is 1. The van der Waals surface area contributed by atoms with Crippen LogP contribution in [0.4, 0.5) is 10.8 Å². The van der Waals surface area contributed by atoms with Crippen LogP contribution in [-0.4, -0.2) is 24.8 Å². The lowest BCUT2D eigenvalue weighted by molar-refractivity contribution is 0.842. The van der Waals surface area contributed by atoms with E-state index < -0.39 is 0 Å². The molecule has 1 N–H and O–H groups in total. The lowest BCUT2D eigenvalue weighted by Crippen LogP contribution is -2.02. The summed E-state index contributed by atoms with van der Waals surface area (Å²) in [6.07, 6.45) is 0. The number of thiazole rings is 1. The minimum absolute atomic E-state index is 0.679. The molecule has 0 spiro atoms. The lowest BCUT2D eigenvalue weighted by Gasteiger charge is -2.04. The van der Waals surface area contributed by atoms with Crippen molar-refractivity contribution in [1.82, 2.24) is 24.8 Å². The molecule has 0 radical (unpaired) electrons. The minimum atomic E-state index is 0.679. The lowest BCUT2D eigenvalue weighted by atomic mass is 10.3. The van der Waals surface area contributed by atoms with Crippen molar-refractivity contribution < 1.29 is 0 Å². The Bertz CT molecular complexity index is 1040. The molecule has 3 heterocycles. The van der Waals surface area contributed by atoms with E-state index in [0.29, 0.717) is 5.02 Å². The first-order valence-electron chi connectivity index (χ1n) is 7.28. The second-order valence-corrected chi connectivity index (χ2v) is 6.66.